The normalized spacial score (nSPS) is 10.9. The molecule has 0 spiro atoms. The first-order valence-electron chi connectivity index (χ1n) is 5.62. The molecule has 0 atom stereocenters. The topological polar surface area (TPSA) is 71.0 Å². The van der Waals surface area contributed by atoms with E-state index in [1.165, 1.54) is 4.90 Å². The molecule has 6 nitrogen and oxygen atoms in total. The first-order valence-corrected chi connectivity index (χ1v) is 6.87. The third-order valence-corrected chi connectivity index (χ3v) is 2.57. The summed E-state index contributed by atoms with van der Waals surface area (Å²) < 4.78 is 0. The third-order valence-electron chi connectivity index (χ3n) is 2.02. The number of carbonyl (C=O) groups excluding carboxylic acids is 1. The van der Waals surface area contributed by atoms with Gasteiger partial charge in [0.2, 0.25) is 17.2 Å². The summed E-state index contributed by atoms with van der Waals surface area (Å²) >= 11 is 17.0. The number of hydrogen-bond acceptors (Lipinski definition) is 5. The second kappa shape index (κ2) is 7.07. The lowest BCUT2D eigenvalue weighted by Gasteiger charge is -2.20. The van der Waals surface area contributed by atoms with Crippen LogP contribution in [0.4, 0.5) is 11.9 Å². The number of anilines is 2. The fourth-order valence-electron chi connectivity index (χ4n) is 1.30. The van der Waals surface area contributed by atoms with E-state index in [1.807, 2.05) is 13.8 Å². The Labute approximate surface area is 126 Å². The van der Waals surface area contributed by atoms with Gasteiger partial charge in [-0.25, -0.2) is 0 Å². The van der Waals surface area contributed by atoms with E-state index in [-0.39, 0.29) is 23.2 Å². The van der Waals surface area contributed by atoms with Gasteiger partial charge in [-0.15, -0.1) is 0 Å². The second-order valence-corrected chi connectivity index (χ2v) is 5.34. The molecule has 0 bridgehead atoms. The molecule has 1 rings (SSSR count). The maximum absolute atomic E-state index is 11.8. The van der Waals surface area contributed by atoms with Crippen molar-refractivity contribution in [1.82, 2.24) is 15.0 Å². The summed E-state index contributed by atoms with van der Waals surface area (Å²) in [6, 6.07) is 0.117. The highest BCUT2D eigenvalue weighted by Gasteiger charge is 2.23. The van der Waals surface area contributed by atoms with E-state index in [2.05, 4.69) is 20.3 Å². The van der Waals surface area contributed by atoms with E-state index < -0.39 is 10.7 Å². The average Bonchev–Trinajstić information content (AvgIpc) is 2.27. The molecule has 1 aromatic rings. The summed E-state index contributed by atoms with van der Waals surface area (Å²) in [4.78, 5) is 23.8. The third kappa shape index (κ3) is 4.63. The minimum absolute atomic E-state index is 0.0138. The number of nitrogens with one attached hydrogen (secondary N) is 1. The van der Waals surface area contributed by atoms with Crippen LogP contribution in [0.2, 0.25) is 5.28 Å². The first kappa shape index (κ1) is 16.2. The van der Waals surface area contributed by atoms with Crippen molar-refractivity contribution in [1.29, 1.82) is 0 Å². The van der Waals surface area contributed by atoms with E-state index in [0.29, 0.717) is 6.54 Å². The molecular formula is C10H14Cl3N5O. The molecule has 1 amide bonds. The van der Waals surface area contributed by atoms with Crippen molar-refractivity contribution in [2.75, 3.05) is 16.8 Å². The summed E-state index contributed by atoms with van der Waals surface area (Å²) in [6.07, 6.45) is 0. The molecule has 1 N–H and O–H groups in total. The van der Waals surface area contributed by atoms with Gasteiger partial charge in [0, 0.05) is 12.6 Å². The number of carbonyl (C=O) groups is 1. The predicted molar refractivity (Wildman–Crippen MR) is 77.1 cm³/mol. The molecule has 1 aromatic heterocycles. The predicted octanol–water partition coefficient (Wildman–Crippen LogP) is 2.50. The molecule has 0 saturated heterocycles. The highest BCUT2D eigenvalue weighted by atomic mass is 35.5. The van der Waals surface area contributed by atoms with Gasteiger partial charge in [0.15, 0.2) is 4.84 Å². The maximum Gasteiger partial charge on any atom is 0.262 e. The highest BCUT2D eigenvalue weighted by molar-refractivity contribution is 6.54. The average molecular weight is 327 g/mol. The quantitative estimate of drug-likeness (QED) is 0.842. The SMILES string of the molecule is CCN(C(=O)C(Cl)Cl)c1nc(Cl)nc(NC(C)C)n1. The van der Waals surface area contributed by atoms with Gasteiger partial charge in [-0.05, 0) is 32.4 Å². The summed E-state index contributed by atoms with van der Waals surface area (Å²) in [7, 11) is 0. The van der Waals surface area contributed by atoms with E-state index in [9.17, 15) is 4.79 Å². The van der Waals surface area contributed by atoms with E-state index in [0.717, 1.165) is 0 Å². The zero-order valence-corrected chi connectivity index (χ0v) is 13.0. The minimum Gasteiger partial charge on any atom is -0.352 e. The van der Waals surface area contributed by atoms with Crippen molar-refractivity contribution in [2.24, 2.45) is 0 Å². The van der Waals surface area contributed by atoms with Gasteiger partial charge < -0.3 is 5.32 Å². The summed E-state index contributed by atoms with van der Waals surface area (Å²) in [5.41, 5.74) is 0. The number of amides is 1. The molecule has 1 heterocycles. The Kier molecular flexibility index (Phi) is 6.03. The monoisotopic (exact) mass is 325 g/mol. The zero-order valence-electron chi connectivity index (χ0n) is 10.7. The van der Waals surface area contributed by atoms with Crippen LogP contribution in [0.5, 0.6) is 0 Å². The maximum atomic E-state index is 11.8. The van der Waals surface area contributed by atoms with Crippen LogP contribution in [0.15, 0.2) is 0 Å². The second-order valence-electron chi connectivity index (χ2n) is 3.91. The van der Waals surface area contributed by atoms with Crippen molar-refractivity contribution in [3.63, 3.8) is 0 Å². The number of nitrogens with zero attached hydrogens (tertiary/aromatic N) is 4. The fourth-order valence-corrected chi connectivity index (χ4v) is 1.69. The zero-order chi connectivity index (χ0) is 14.6. The van der Waals surface area contributed by atoms with E-state index in [4.69, 9.17) is 34.8 Å². The van der Waals surface area contributed by atoms with Crippen LogP contribution >= 0.6 is 34.8 Å². The van der Waals surface area contributed by atoms with Crippen LogP contribution in [0.1, 0.15) is 20.8 Å². The molecule has 0 radical (unpaired) electrons. The molecule has 106 valence electrons. The lowest BCUT2D eigenvalue weighted by Crippen LogP contribution is -2.36. The molecule has 0 aliphatic carbocycles. The molecule has 0 aliphatic rings. The number of hydrogen-bond donors (Lipinski definition) is 1. The number of alkyl halides is 2. The van der Waals surface area contributed by atoms with Crippen molar-refractivity contribution >= 4 is 52.6 Å². The van der Waals surface area contributed by atoms with E-state index >= 15 is 0 Å². The van der Waals surface area contributed by atoms with Gasteiger partial charge in [0.25, 0.3) is 5.91 Å². The van der Waals surface area contributed by atoms with E-state index in [1.54, 1.807) is 6.92 Å². The molecular weight excluding hydrogens is 313 g/mol. The largest absolute Gasteiger partial charge is 0.352 e. The number of aromatic nitrogens is 3. The van der Waals surface area contributed by atoms with Crippen molar-refractivity contribution < 1.29 is 4.79 Å². The van der Waals surface area contributed by atoms with Crippen molar-refractivity contribution in [3.8, 4) is 0 Å². The van der Waals surface area contributed by atoms with Crippen LogP contribution in [0, 0.1) is 0 Å². The fraction of sp³-hybridized carbons (Fsp3) is 0.600. The molecule has 9 heteroatoms. The summed E-state index contributed by atoms with van der Waals surface area (Å²) in [5, 5.41) is 2.97. The Morgan fingerprint density at radius 2 is 1.95 bits per heavy atom. The summed E-state index contributed by atoms with van der Waals surface area (Å²) in [5.74, 6) is -0.109. The molecule has 0 aliphatic heterocycles. The lowest BCUT2D eigenvalue weighted by molar-refractivity contribution is -0.117. The van der Waals surface area contributed by atoms with Gasteiger partial charge in [0.1, 0.15) is 0 Å². The Hall–Kier alpha value is -0.850. The Balaban J connectivity index is 3.10. The molecule has 0 unspecified atom stereocenters. The molecule has 0 aromatic carbocycles. The molecule has 0 saturated carbocycles. The van der Waals surface area contributed by atoms with Crippen molar-refractivity contribution in [2.45, 2.75) is 31.6 Å². The Morgan fingerprint density at radius 1 is 1.32 bits per heavy atom. The van der Waals surface area contributed by atoms with Gasteiger partial charge >= 0.3 is 0 Å². The smallest absolute Gasteiger partial charge is 0.262 e. The minimum atomic E-state index is -1.18. The first-order chi connectivity index (χ1) is 8.85. The summed E-state index contributed by atoms with van der Waals surface area (Å²) in [6.45, 7) is 5.92. The van der Waals surface area contributed by atoms with Gasteiger partial charge in [-0.1, -0.05) is 23.2 Å². The van der Waals surface area contributed by atoms with Gasteiger partial charge in [0.05, 0.1) is 0 Å². The van der Waals surface area contributed by atoms with Crippen LogP contribution in [0.3, 0.4) is 0 Å². The van der Waals surface area contributed by atoms with Gasteiger partial charge in [-0.3, -0.25) is 9.69 Å². The van der Waals surface area contributed by atoms with Crippen molar-refractivity contribution in [3.05, 3.63) is 5.28 Å². The lowest BCUT2D eigenvalue weighted by atomic mass is 10.4. The van der Waals surface area contributed by atoms with Gasteiger partial charge in [-0.2, -0.15) is 15.0 Å². The Bertz CT molecular complexity index is 455. The standard InChI is InChI=1S/C10H14Cl3N5O/c1-4-18(7(19)6(11)12)10-16-8(13)15-9(17-10)14-5(2)3/h5-6H,4H2,1-3H3,(H,14,15,16,17). The Morgan fingerprint density at radius 3 is 2.42 bits per heavy atom. The van der Waals surface area contributed by atoms with Crippen LogP contribution < -0.4 is 10.2 Å². The number of rotatable bonds is 5. The highest BCUT2D eigenvalue weighted by Crippen LogP contribution is 2.17. The number of halogens is 3. The molecule has 19 heavy (non-hydrogen) atoms. The van der Waals surface area contributed by atoms with Crippen LogP contribution in [-0.4, -0.2) is 38.3 Å². The van der Waals surface area contributed by atoms with Crippen LogP contribution in [0.25, 0.3) is 0 Å². The molecule has 0 fully saturated rings. The van der Waals surface area contributed by atoms with Crippen LogP contribution in [-0.2, 0) is 4.79 Å².